The number of nitrogens with one attached hydrogen (secondary N) is 1. The molecule has 0 aromatic heterocycles. The predicted molar refractivity (Wildman–Crippen MR) is 53.4 cm³/mol. The number of amides is 1. The van der Waals surface area contributed by atoms with Crippen molar-refractivity contribution < 1.29 is 15.0 Å². The van der Waals surface area contributed by atoms with E-state index < -0.39 is 11.7 Å². The van der Waals surface area contributed by atoms with E-state index in [1.165, 1.54) is 18.2 Å². The van der Waals surface area contributed by atoms with E-state index in [4.69, 9.17) is 16.7 Å². The van der Waals surface area contributed by atoms with E-state index in [9.17, 15) is 9.90 Å². The Bertz CT molecular complexity index is 390. The zero-order valence-electron chi connectivity index (χ0n) is 7.12. The average Bonchev–Trinajstić information content (AvgIpc) is 2.12. The second kappa shape index (κ2) is 4.02. The lowest BCUT2D eigenvalue weighted by atomic mass is 10.2. The highest BCUT2D eigenvalue weighted by Gasteiger charge is 2.09. The summed E-state index contributed by atoms with van der Waals surface area (Å²) >= 11 is 5.32. The quantitative estimate of drug-likeness (QED) is 0.518. The van der Waals surface area contributed by atoms with Crippen LogP contribution in [0.4, 0.5) is 5.69 Å². The Morgan fingerprint density at radius 3 is 2.64 bits per heavy atom. The summed E-state index contributed by atoms with van der Waals surface area (Å²) in [6, 6.07) is 4.19. The van der Waals surface area contributed by atoms with Crippen LogP contribution in [0.15, 0.2) is 29.8 Å². The zero-order chi connectivity index (χ0) is 10.7. The van der Waals surface area contributed by atoms with Gasteiger partial charge in [0.25, 0.3) is 5.91 Å². The maximum atomic E-state index is 11.0. The molecular weight excluding hydrogens is 206 g/mol. The summed E-state index contributed by atoms with van der Waals surface area (Å²) in [5.74, 6) is -1.35. The van der Waals surface area contributed by atoms with Crippen LogP contribution in [0.5, 0.6) is 11.5 Å². The molecule has 1 amide bonds. The Morgan fingerprint density at radius 2 is 2.07 bits per heavy atom. The van der Waals surface area contributed by atoms with Crippen LogP contribution in [0, 0.1) is 0 Å². The SMILES string of the molecule is C=C(Cl)C(=O)Nc1cccc(O)c1O. The fourth-order valence-corrected chi connectivity index (χ4v) is 0.870. The van der Waals surface area contributed by atoms with Crippen LogP contribution >= 0.6 is 11.6 Å². The number of phenols is 2. The largest absolute Gasteiger partial charge is 0.504 e. The van der Waals surface area contributed by atoms with Crippen molar-refractivity contribution in [1.82, 2.24) is 0 Å². The van der Waals surface area contributed by atoms with Gasteiger partial charge in [0.2, 0.25) is 0 Å². The maximum absolute atomic E-state index is 11.0. The summed E-state index contributed by atoms with van der Waals surface area (Å²) in [5.41, 5.74) is 0.0804. The lowest BCUT2D eigenvalue weighted by Crippen LogP contribution is -2.10. The number of hydrogen-bond acceptors (Lipinski definition) is 3. The van der Waals surface area contributed by atoms with E-state index in [0.29, 0.717) is 0 Å². The minimum Gasteiger partial charge on any atom is -0.504 e. The number of rotatable bonds is 2. The van der Waals surface area contributed by atoms with Crippen LogP contribution in [0.25, 0.3) is 0 Å². The van der Waals surface area contributed by atoms with Crippen LogP contribution < -0.4 is 5.32 Å². The van der Waals surface area contributed by atoms with E-state index in [-0.39, 0.29) is 16.5 Å². The summed E-state index contributed by atoms with van der Waals surface area (Å²) in [5, 5.41) is 20.5. The molecule has 0 fully saturated rings. The first-order valence-corrected chi connectivity index (χ1v) is 4.07. The van der Waals surface area contributed by atoms with E-state index in [1.54, 1.807) is 0 Å². The molecule has 0 aliphatic heterocycles. The molecule has 4 nitrogen and oxygen atoms in total. The first kappa shape index (κ1) is 10.4. The number of aromatic hydroxyl groups is 2. The van der Waals surface area contributed by atoms with Crippen LogP contribution in [-0.2, 0) is 4.79 Å². The number of phenolic OH excluding ortho intramolecular Hbond substituents is 2. The molecule has 0 unspecified atom stereocenters. The number of benzene rings is 1. The van der Waals surface area contributed by atoms with Gasteiger partial charge >= 0.3 is 0 Å². The molecular formula is C9H8ClNO3. The Hall–Kier alpha value is -1.68. The molecule has 0 saturated heterocycles. The summed E-state index contributed by atoms with van der Waals surface area (Å²) in [4.78, 5) is 11.0. The van der Waals surface area contributed by atoms with Gasteiger partial charge in [0, 0.05) is 0 Å². The molecule has 0 atom stereocenters. The van der Waals surface area contributed by atoms with Gasteiger partial charge in [-0.05, 0) is 12.1 Å². The number of carbonyl (C=O) groups excluding carboxylic acids is 1. The van der Waals surface area contributed by atoms with Gasteiger partial charge in [-0.1, -0.05) is 24.2 Å². The number of anilines is 1. The topological polar surface area (TPSA) is 69.6 Å². The average molecular weight is 214 g/mol. The Balaban J connectivity index is 2.93. The molecule has 5 heteroatoms. The summed E-state index contributed by atoms with van der Waals surface area (Å²) in [7, 11) is 0. The van der Waals surface area contributed by atoms with Gasteiger partial charge < -0.3 is 15.5 Å². The Kier molecular flexibility index (Phi) is 2.99. The van der Waals surface area contributed by atoms with Crippen molar-refractivity contribution in [2.45, 2.75) is 0 Å². The minimum atomic E-state index is -0.632. The fourth-order valence-electron chi connectivity index (χ4n) is 0.822. The van der Waals surface area contributed by atoms with E-state index in [2.05, 4.69) is 11.9 Å². The smallest absolute Gasteiger partial charge is 0.266 e. The number of hydrogen-bond donors (Lipinski definition) is 3. The molecule has 0 spiro atoms. The standard InChI is InChI=1S/C9H8ClNO3/c1-5(10)9(14)11-6-3-2-4-7(12)8(6)13/h2-4,12-13H,1H2,(H,11,14). The zero-order valence-corrected chi connectivity index (χ0v) is 7.88. The molecule has 0 heterocycles. The Morgan fingerprint density at radius 1 is 1.43 bits per heavy atom. The Labute approximate surface area is 85.4 Å². The molecule has 1 rings (SSSR count). The molecule has 0 bridgehead atoms. The van der Waals surface area contributed by atoms with Crippen molar-refractivity contribution >= 4 is 23.2 Å². The molecule has 0 radical (unpaired) electrons. The molecule has 1 aromatic carbocycles. The first-order valence-electron chi connectivity index (χ1n) is 3.69. The third kappa shape index (κ3) is 2.17. The lowest BCUT2D eigenvalue weighted by Gasteiger charge is -2.06. The fraction of sp³-hybridized carbons (Fsp3) is 0. The van der Waals surface area contributed by atoms with Crippen LogP contribution in [-0.4, -0.2) is 16.1 Å². The van der Waals surface area contributed by atoms with Gasteiger partial charge in [-0.25, -0.2) is 0 Å². The third-order valence-electron chi connectivity index (χ3n) is 1.51. The molecule has 0 aliphatic rings. The molecule has 14 heavy (non-hydrogen) atoms. The second-order valence-corrected chi connectivity index (χ2v) is 2.99. The monoisotopic (exact) mass is 213 g/mol. The molecule has 0 saturated carbocycles. The van der Waals surface area contributed by atoms with Crippen molar-refractivity contribution in [2.75, 3.05) is 5.32 Å². The summed E-state index contributed by atoms with van der Waals surface area (Å²) in [6.45, 7) is 3.21. The van der Waals surface area contributed by atoms with Gasteiger partial charge in [-0.3, -0.25) is 4.79 Å². The second-order valence-electron chi connectivity index (χ2n) is 2.53. The van der Waals surface area contributed by atoms with Crippen molar-refractivity contribution in [3.63, 3.8) is 0 Å². The highest BCUT2D eigenvalue weighted by Crippen LogP contribution is 2.32. The van der Waals surface area contributed by atoms with E-state index >= 15 is 0 Å². The highest BCUT2D eigenvalue weighted by molar-refractivity contribution is 6.43. The van der Waals surface area contributed by atoms with Crippen molar-refractivity contribution in [3.8, 4) is 11.5 Å². The first-order chi connectivity index (χ1) is 6.52. The van der Waals surface area contributed by atoms with Gasteiger partial charge in [-0.15, -0.1) is 0 Å². The van der Waals surface area contributed by atoms with Crippen molar-refractivity contribution in [2.24, 2.45) is 0 Å². The molecule has 74 valence electrons. The van der Waals surface area contributed by atoms with Gasteiger partial charge in [-0.2, -0.15) is 0 Å². The van der Waals surface area contributed by atoms with Gasteiger partial charge in [0.05, 0.1) is 10.7 Å². The summed E-state index contributed by atoms with van der Waals surface area (Å²) < 4.78 is 0. The lowest BCUT2D eigenvalue weighted by molar-refractivity contribution is -0.112. The van der Waals surface area contributed by atoms with Crippen molar-refractivity contribution in [3.05, 3.63) is 29.8 Å². The third-order valence-corrected chi connectivity index (χ3v) is 1.68. The van der Waals surface area contributed by atoms with Gasteiger partial charge in [0.15, 0.2) is 11.5 Å². The molecule has 3 N–H and O–H groups in total. The van der Waals surface area contributed by atoms with Crippen LogP contribution in [0.2, 0.25) is 0 Å². The van der Waals surface area contributed by atoms with Crippen LogP contribution in [0.1, 0.15) is 0 Å². The van der Waals surface area contributed by atoms with E-state index in [1.807, 2.05) is 0 Å². The van der Waals surface area contributed by atoms with Crippen LogP contribution in [0.3, 0.4) is 0 Å². The van der Waals surface area contributed by atoms with E-state index in [0.717, 1.165) is 0 Å². The number of para-hydroxylation sites is 1. The maximum Gasteiger partial charge on any atom is 0.266 e. The summed E-state index contributed by atoms with van der Waals surface area (Å²) in [6.07, 6.45) is 0. The van der Waals surface area contributed by atoms with Crippen molar-refractivity contribution in [1.29, 1.82) is 0 Å². The normalized spacial score (nSPS) is 9.50. The van der Waals surface area contributed by atoms with Gasteiger partial charge in [0.1, 0.15) is 0 Å². The number of carbonyl (C=O) groups is 1. The molecule has 0 aliphatic carbocycles. The number of halogens is 1. The minimum absolute atomic E-state index is 0.0804. The molecule has 1 aromatic rings. The predicted octanol–water partition coefficient (Wildman–Crippen LogP) is 1.79. The highest BCUT2D eigenvalue weighted by atomic mass is 35.5.